The maximum Gasteiger partial charge on any atom is 0.253 e. The van der Waals surface area contributed by atoms with Gasteiger partial charge >= 0.3 is 0 Å². The molecular weight excluding hydrogens is 342 g/mol. The fourth-order valence-electron chi connectivity index (χ4n) is 3.25. The van der Waals surface area contributed by atoms with Gasteiger partial charge in [0.1, 0.15) is 0 Å². The summed E-state index contributed by atoms with van der Waals surface area (Å²) in [4.78, 5) is 16.6. The van der Waals surface area contributed by atoms with E-state index in [1.165, 1.54) is 0 Å². The molecule has 0 saturated carbocycles. The molecule has 0 aromatic heterocycles. The molecule has 2 aromatic rings. The fourth-order valence-corrected chi connectivity index (χ4v) is 3.61. The minimum atomic E-state index is -0.266. The molecule has 0 spiro atoms. The van der Waals surface area contributed by atoms with E-state index < -0.39 is 0 Å². The molecule has 1 aliphatic heterocycles. The molecule has 1 N–H and O–H groups in total. The lowest BCUT2D eigenvalue weighted by Crippen LogP contribution is -2.49. The molecule has 2 aromatic carbocycles. The minimum absolute atomic E-state index is 0.0232. The second-order valence-electron chi connectivity index (χ2n) is 6.67. The van der Waals surface area contributed by atoms with E-state index in [0.717, 1.165) is 22.5 Å². The van der Waals surface area contributed by atoms with E-state index in [4.69, 9.17) is 12.2 Å². The molecule has 5 heteroatoms. The van der Waals surface area contributed by atoms with Gasteiger partial charge in [-0.05, 0) is 43.8 Å². The summed E-state index contributed by atoms with van der Waals surface area (Å²) < 4.78 is 0. The Morgan fingerprint density at radius 2 is 1.77 bits per heavy atom. The van der Waals surface area contributed by atoms with Crippen molar-refractivity contribution in [2.75, 3.05) is 19.0 Å². The van der Waals surface area contributed by atoms with Crippen LogP contribution in [-0.4, -0.2) is 30.0 Å². The maximum absolute atomic E-state index is 13.0. The molecule has 3 rings (SSSR count). The van der Waals surface area contributed by atoms with Crippen LogP contribution in [0.4, 0.5) is 5.69 Å². The Morgan fingerprint density at radius 1 is 1.08 bits per heavy atom. The van der Waals surface area contributed by atoms with Gasteiger partial charge in [-0.1, -0.05) is 48.0 Å². The Morgan fingerprint density at radius 3 is 2.38 bits per heavy atom. The molecule has 26 heavy (non-hydrogen) atoms. The van der Waals surface area contributed by atoms with Gasteiger partial charge in [-0.3, -0.25) is 9.69 Å². The van der Waals surface area contributed by atoms with E-state index in [-0.39, 0.29) is 11.9 Å². The standard InChI is InChI=1S/C21H23N3OS/c1-14-9-8-10-16(13-14)19-18(20(25)23(3)4)15(2)24(21(26)22-19)17-11-6-5-7-12-17/h5-13,19H,1-4H3,(H,22,26). The monoisotopic (exact) mass is 365 g/mol. The van der Waals surface area contributed by atoms with Crippen molar-refractivity contribution in [2.45, 2.75) is 19.9 Å². The molecule has 1 amide bonds. The van der Waals surface area contributed by atoms with E-state index in [1.807, 2.05) is 67.3 Å². The topological polar surface area (TPSA) is 35.6 Å². The number of amides is 1. The number of benzene rings is 2. The molecule has 0 fully saturated rings. The van der Waals surface area contributed by atoms with Crippen LogP contribution in [0.15, 0.2) is 65.9 Å². The summed E-state index contributed by atoms with van der Waals surface area (Å²) in [6.45, 7) is 4.00. The number of carbonyl (C=O) groups is 1. The highest BCUT2D eigenvalue weighted by Gasteiger charge is 2.35. The zero-order chi connectivity index (χ0) is 18.8. The first-order valence-electron chi connectivity index (χ1n) is 8.55. The summed E-state index contributed by atoms with van der Waals surface area (Å²) in [5, 5.41) is 3.97. The van der Waals surface area contributed by atoms with Gasteiger partial charge < -0.3 is 10.2 Å². The molecule has 0 bridgehead atoms. The first-order valence-corrected chi connectivity index (χ1v) is 8.95. The number of hydrogen-bond donors (Lipinski definition) is 1. The second kappa shape index (κ2) is 7.30. The highest BCUT2D eigenvalue weighted by molar-refractivity contribution is 7.80. The van der Waals surface area contributed by atoms with Gasteiger partial charge in [-0.15, -0.1) is 0 Å². The molecule has 0 aliphatic carbocycles. The number of aryl methyl sites for hydroxylation is 1. The molecule has 1 unspecified atom stereocenters. The predicted molar refractivity (Wildman–Crippen MR) is 110 cm³/mol. The van der Waals surface area contributed by atoms with Crippen molar-refractivity contribution in [3.63, 3.8) is 0 Å². The van der Waals surface area contributed by atoms with Crippen LogP contribution in [0.1, 0.15) is 24.1 Å². The zero-order valence-corrected chi connectivity index (χ0v) is 16.3. The van der Waals surface area contributed by atoms with Crippen LogP contribution < -0.4 is 10.2 Å². The van der Waals surface area contributed by atoms with Crippen LogP contribution in [0.2, 0.25) is 0 Å². The average Bonchev–Trinajstić information content (AvgIpc) is 2.61. The Hall–Kier alpha value is -2.66. The smallest absolute Gasteiger partial charge is 0.253 e. The lowest BCUT2D eigenvalue weighted by Gasteiger charge is -2.38. The summed E-state index contributed by atoms with van der Waals surface area (Å²) >= 11 is 5.66. The number of allylic oxidation sites excluding steroid dienone is 1. The average molecular weight is 366 g/mol. The van der Waals surface area contributed by atoms with Gasteiger partial charge in [0.15, 0.2) is 5.11 Å². The van der Waals surface area contributed by atoms with E-state index in [2.05, 4.69) is 11.4 Å². The second-order valence-corrected chi connectivity index (χ2v) is 7.05. The van der Waals surface area contributed by atoms with Crippen LogP contribution in [0.3, 0.4) is 0 Å². The van der Waals surface area contributed by atoms with Crippen molar-refractivity contribution < 1.29 is 4.79 Å². The molecular formula is C21H23N3OS. The first-order chi connectivity index (χ1) is 12.4. The third-order valence-corrected chi connectivity index (χ3v) is 4.81. The quantitative estimate of drug-likeness (QED) is 0.840. The van der Waals surface area contributed by atoms with E-state index >= 15 is 0 Å². The molecule has 0 radical (unpaired) electrons. The Labute approximate surface area is 160 Å². The normalized spacial score (nSPS) is 17.2. The van der Waals surface area contributed by atoms with Crippen LogP contribution >= 0.6 is 12.2 Å². The number of thiocarbonyl (C=S) groups is 1. The third kappa shape index (κ3) is 3.35. The third-order valence-electron chi connectivity index (χ3n) is 4.51. The molecule has 1 aliphatic rings. The SMILES string of the molecule is CC1=C(C(=O)N(C)C)C(c2cccc(C)c2)NC(=S)N1c1ccccc1. The zero-order valence-electron chi connectivity index (χ0n) is 15.5. The van der Waals surface area contributed by atoms with Crippen LogP contribution in [0.5, 0.6) is 0 Å². The summed E-state index contributed by atoms with van der Waals surface area (Å²) in [7, 11) is 3.55. The van der Waals surface area contributed by atoms with Crippen molar-refractivity contribution in [1.82, 2.24) is 10.2 Å². The van der Waals surface area contributed by atoms with Gasteiger partial charge in [-0.25, -0.2) is 0 Å². The number of hydrogen-bond acceptors (Lipinski definition) is 2. The lowest BCUT2D eigenvalue weighted by atomic mass is 9.93. The number of likely N-dealkylation sites (N-methyl/N-ethyl adjacent to an activating group) is 1. The van der Waals surface area contributed by atoms with E-state index in [1.54, 1.807) is 19.0 Å². The van der Waals surface area contributed by atoms with Gasteiger partial charge in [0.2, 0.25) is 0 Å². The molecule has 4 nitrogen and oxygen atoms in total. The first kappa shape index (κ1) is 18.1. The summed E-state index contributed by atoms with van der Waals surface area (Å²) in [6, 6.07) is 17.8. The van der Waals surface area contributed by atoms with Crippen LogP contribution in [0, 0.1) is 6.92 Å². The highest BCUT2D eigenvalue weighted by atomic mass is 32.1. The van der Waals surface area contributed by atoms with Crippen molar-refractivity contribution >= 4 is 28.9 Å². The number of anilines is 1. The Balaban J connectivity index is 2.17. The molecule has 134 valence electrons. The van der Waals surface area contributed by atoms with Gasteiger partial charge in [0.05, 0.1) is 11.6 Å². The number of carbonyl (C=O) groups excluding carboxylic acids is 1. The Bertz CT molecular complexity index is 874. The minimum Gasteiger partial charge on any atom is -0.351 e. The predicted octanol–water partition coefficient (Wildman–Crippen LogP) is 3.79. The van der Waals surface area contributed by atoms with Crippen molar-refractivity contribution in [1.29, 1.82) is 0 Å². The maximum atomic E-state index is 13.0. The number of rotatable bonds is 3. The van der Waals surface area contributed by atoms with Crippen molar-refractivity contribution in [3.05, 3.63) is 77.0 Å². The van der Waals surface area contributed by atoms with E-state index in [9.17, 15) is 4.79 Å². The van der Waals surface area contributed by atoms with Crippen molar-refractivity contribution in [3.8, 4) is 0 Å². The number of nitrogens with zero attached hydrogens (tertiary/aromatic N) is 2. The van der Waals surface area contributed by atoms with Crippen molar-refractivity contribution in [2.24, 2.45) is 0 Å². The van der Waals surface area contributed by atoms with Gasteiger partial charge in [0, 0.05) is 25.5 Å². The van der Waals surface area contributed by atoms with Crippen LogP contribution in [-0.2, 0) is 4.79 Å². The lowest BCUT2D eigenvalue weighted by molar-refractivity contribution is -0.125. The fraction of sp³-hybridized carbons (Fsp3) is 0.238. The summed E-state index contributed by atoms with van der Waals surface area (Å²) in [5.74, 6) is -0.0232. The summed E-state index contributed by atoms with van der Waals surface area (Å²) in [6.07, 6.45) is 0. The van der Waals surface area contributed by atoms with Crippen LogP contribution in [0.25, 0.3) is 0 Å². The van der Waals surface area contributed by atoms with Gasteiger partial charge in [-0.2, -0.15) is 0 Å². The number of para-hydroxylation sites is 1. The molecule has 1 heterocycles. The highest BCUT2D eigenvalue weighted by Crippen LogP contribution is 2.34. The summed E-state index contributed by atoms with van der Waals surface area (Å²) in [5.41, 5.74) is 4.68. The number of nitrogens with one attached hydrogen (secondary N) is 1. The van der Waals surface area contributed by atoms with E-state index in [0.29, 0.717) is 10.7 Å². The molecule has 1 atom stereocenters. The molecule has 0 saturated heterocycles. The Kier molecular flexibility index (Phi) is 5.09. The largest absolute Gasteiger partial charge is 0.351 e. The van der Waals surface area contributed by atoms with Gasteiger partial charge in [0.25, 0.3) is 5.91 Å².